The summed E-state index contributed by atoms with van der Waals surface area (Å²) >= 11 is 4.38. The second kappa shape index (κ2) is 11.9. The van der Waals surface area contributed by atoms with Crippen molar-refractivity contribution in [3.8, 4) is 0 Å². The molecule has 0 amide bonds. The van der Waals surface area contributed by atoms with Crippen molar-refractivity contribution in [2.75, 3.05) is 6.61 Å². The van der Waals surface area contributed by atoms with Crippen molar-refractivity contribution < 1.29 is 38.4 Å². The summed E-state index contributed by atoms with van der Waals surface area (Å²) in [7, 11) is 0. The lowest BCUT2D eigenvalue weighted by atomic mass is 9.99. The average molecular weight is 509 g/mol. The van der Waals surface area contributed by atoms with E-state index in [1.807, 2.05) is 0 Å². The van der Waals surface area contributed by atoms with Gasteiger partial charge in [0.15, 0.2) is 12.2 Å². The first-order valence-electron chi connectivity index (χ1n) is 11.2. The number of thiol groups is 1. The normalized spacial score (nSPS) is 23.3. The highest BCUT2D eigenvalue weighted by atomic mass is 32.1. The minimum atomic E-state index is -1.49. The van der Waals surface area contributed by atoms with Crippen molar-refractivity contribution in [1.29, 1.82) is 0 Å². The Morgan fingerprint density at radius 3 is 1.58 bits per heavy atom. The van der Waals surface area contributed by atoms with E-state index in [4.69, 9.17) is 18.9 Å². The van der Waals surface area contributed by atoms with Crippen molar-refractivity contribution in [3.05, 3.63) is 108 Å². The fourth-order valence-corrected chi connectivity index (χ4v) is 4.04. The van der Waals surface area contributed by atoms with Gasteiger partial charge in [-0.15, -0.1) is 12.6 Å². The summed E-state index contributed by atoms with van der Waals surface area (Å²) in [4.78, 5) is 37.9. The molecule has 1 heterocycles. The van der Waals surface area contributed by atoms with Gasteiger partial charge in [0.25, 0.3) is 0 Å². The van der Waals surface area contributed by atoms with Crippen molar-refractivity contribution in [2.45, 2.75) is 29.9 Å². The predicted octanol–water partition coefficient (Wildman–Crippen LogP) is 3.31. The quantitative estimate of drug-likeness (QED) is 0.284. The molecule has 0 saturated carbocycles. The average Bonchev–Trinajstić information content (AvgIpc) is 2.92. The number of esters is 3. The molecule has 0 unspecified atom stereocenters. The van der Waals surface area contributed by atoms with Gasteiger partial charge >= 0.3 is 17.9 Å². The number of hydrogen-bond acceptors (Lipinski definition) is 9. The Bertz CT molecular complexity index is 1170. The van der Waals surface area contributed by atoms with E-state index in [-0.39, 0.29) is 17.7 Å². The van der Waals surface area contributed by atoms with Crippen LogP contribution in [0.4, 0.5) is 0 Å². The van der Waals surface area contributed by atoms with Crippen LogP contribution in [-0.2, 0) is 18.9 Å². The Morgan fingerprint density at radius 1 is 0.694 bits per heavy atom. The number of benzene rings is 3. The molecule has 4 rings (SSSR count). The number of hydrogen-bond donors (Lipinski definition) is 2. The molecule has 9 heteroatoms. The zero-order valence-corrected chi connectivity index (χ0v) is 19.9. The Balaban J connectivity index is 1.52. The Kier molecular flexibility index (Phi) is 8.37. The Hall–Kier alpha value is -3.66. The fourth-order valence-electron chi connectivity index (χ4n) is 3.65. The summed E-state index contributed by atoms with van der Waals surface area (Å²) in [6, 6.07) is 24.7. The molecule has 186 valence electrons. The third-order valence-corrected chi connectivity index (χ3v) is 5.95. The first-order chi connectivity index (χ1) is 17.4. The van der Waals surface area contributed by atoms with E-state index in [2.05, 4.69) is 12.6 Å². The number of aliphatic hydroxyl groups is 1. The molecule has 3 aromatic rings. The van der Waals surface area contributed by atoms with Crippen LogP contribution in [0.5, 0.6) is 0 Å². The molecule has 1 aliphatic rings. The maximum absolute atomic E-state index is 12.8. The zero-order chi connectivity index (χ0) is 25.5. The molecule has 0 radical (unpaired) electrons. The van der Waals surface area contributed by atoms with E-state index in [9.17, 15) is 19.5 Å². The van der Waals surface area contributed by atoms with Crippen LogP contribution in [0.25, 0.3) is 0 Å². The van der Waals surface area contributed by atoms with E-state index < -0.39 is 47.8 Å². The van der Waals surface area contributed by atoms with E-state index in [0.717, 1.165) is 0 Å². The molecule has 0 aromatic heterocycles. The van der Waals surface area contributed by atoms with Gasteiger partial charge in [0.1, 0.15) is 24.3 Å². The molecule has 0 bridgehead atoms. The molecule has 1 aliphatic heterocycles. The molecule has 5 atom stereocenters. The lowest BCUT2D eigenvalue weighted by molar-refractivity contribution is -0.206. The van der Waals surface area contributed by atoms with Crippen molar-refractivity contribution in [1.82, 2.24) is 0 Å². The summed E-state index contributed by atoms with van der Waals surface area (Å²) in [6.07, 6.45) is -5.18. The fraction of sp³-hybridized carbons (Fsp3) is 0.222. The van der Waals surface area contributed by atoms with Gasteiger partial charge in [0, 0.05) is 0 Å². The smallest absolute Gasteiger partial charge is 0.338 e. The number of carbonyl (C=O) groups excluding carboxylic acids is 3. The van der Waals surface area contributed by atoms with Gasteiger partial charge in [-0.25, -0.2) is 14.4 Å². The standard InChI is InChI=1S/C27H24O8S/c28-21-20(16-32-24(29)17-10-4-1-5-11-17)33-27(36)23(35-26(31)19-14-8-3-9-15-19)22(21)34-25(30)18-12-6-2-7-13-18/h1-15,20-23,27-28,36H,16H2/t20-,21-,22+,23-,27+/m1/s1. The van der Waals surface area contributed by atoms with E-state index in [0.29, 0.717) is 5.56 Å². The monoisotopic (exact) mass is 508 g/mol. The van der Waals surface area contributed by atoms with E-state index >= 15 is 0 Å². The number of rotatable bonds is 7. The molecular formula is C27H24O8S. The van der Waals surface area contributed by atoms with Gasteiger partial charge in [-0.2, -0.15) is 0 Å². The maximum Gasteiger partial charge on any atom is 0.338 e. The SMILES string of the molecule is O=C(OC[C@H]1O[C@@H](S)[C@H](OC(=O)c2ccccc2)[C@@H](OC(=O)c2ccccc2)[C@@H]1O)c1ccccc1. The first-order valence-corrected chi connectivity index (χ1v) is 11.7. The van der Waals surface area contributed by atoms with Gasteiger partial charge in [-0.1, -0.05) is 54.6 Å². The van der Waals surface area contributed by atoms with Crippen molar-refractivity contribution in [3.63, 3.8) is 0 Å². The molecular weight excluding hydrogens is 484 g/mol. The van der Waals surface area contributed by atoms with Crippen LogP contribution >= 0.6 is 12.6 Å². The summed E-state index contributed by atoms with van der Waals surface area (Å²) < 4.78 is 22.2. The molecule has 1 N–H and O–H groups in total. The van der Waals surface area contributed by atoms with Crippen molar-refractivity contribution in [2.24, 2.45) is 0 Å². The third-order valence-electron chi connectivity index (χ3n) is 5.53. The van der Waals surface area contributed by atoms with Gasteiger partial charge in [-0.05, 0) is 36.4 Å². The van der Waals surface area contributed by atoms with E-state index in [1.165, 1.54) is 0 Å². The largest absolute Gasteiger partial charge is 0.459 e. The third kappa shape index (κ3) is 6.12. The lowest BCUT2D eigenvalue weighted by Gasteiger charge is -2.41. The number of aliphatic hydroxyl groups excluding tert-OH is 1. The van der Waals surface area contributed by atoms with Gasteiger partial charge in [0.05, 0.1) is 16.7 Å². The second-order valence-electron chi connectivity index (χ2n) is 7.99. The van der Waals surface area contributed by atoms with Crippen LogP contribution in [0.2, 0.25) is 0 Å². The molecule has 0 spiro atoms. The highest BCUT2D eigenvalue weighted by Gasteiger charge is 2.49. The highest BCUT2D eigenvalue weighted by Crippen LogP contribution is 2.30. The van der Waals surface area contributed by atoms with Crippen LogP contribution < -0.4 is 0 Å². The predicted molar refractivity (Wildman–Crippen MR) is 132 cm³/mol. The lowest BCUT2D eigenvalue weighted by Crippen LogP contribution is -2.60. The van der Waals surface area contributed by atoms with Crippen molar-refractivity contribution >= 4 is 30.5 Å². The maximum atomic E-state index is 12.8. The molecule has 3 aromatic carbocycles. The van der Waals surface area contributed by atoms with Crippen LogP contribution in [-0.4, -0.2) is 59.5 Å². The topological polar surface area (TPSA) is 108 Å². The summed E-state index contributed by atoms with van der Waals surface area (Å²) in [5, 5.41) is 11.1. The van der Waals surface area contributed by atoms with Crippen LogP contribution in [0.3, 0.4) is 0 Å². The number of carbonyl (C=O) groups is 3. The second-order valence-corrected chi connectivity index (χ2v) is 8.50. The van der Waals surface area contributed by atoms with E-state index in [1.54, 1.807) is 91.0 Å². The molecule has 1 fully saturated rings. The number of ether oxygens (including phenoxy) is 4. The highest BCUT2D eigenvalue weighted by molar-refractivity contribution is 7.80. The zero-order valence-electron chi connectivity index (χ0n) is 19.0. The van der Waals surface area contributed by atoms with Crippen LogP contribution in [0.15, 0.2) is 91.0 Å². The minimum Gasteiger partial charge on any atom is -0.459 e. The summed E-state index contributed by atoms with van der Waals surface area (Å²) in [6.45, 7) is -0.343. The minimum absolute atomic E-state index is 0.243. The van der Waals surface area contributed by atoms with Gasteiger partial charge < -0.3 is 24.1 Å². The summed E-state index contributed by atoms with van der Waals surface area (Å²) in [5.41, 5.74) is -0.256. The molecule has 8 nitrogen and oxygen atoms in total. The Morgan fingerprint density at radius 2 is 1.11 bits per heavy atom. The first kappa shape index (κ1) is 25.4. The Labute approximate surface area is 213 Å². The van der Waals surface area contributed by atoms with Gasteiger partial charge in [0.2, 0.25) is 0 Å². The van der Waals surface area contributed by atoms with Gasteiger partial charge in [-0.3, -0.25) is 0 Å². The molecule has 0 aliphatic carbocycles. The molecule has 36 heavy (non-hydrogen) atoms. The van der Waals surface area contributed by atoms with Crippen LogP contribution in [0, 0.1) is 0 Å². The molecule has 1 saturated heterocycles. The summed E-state index contributed by atoms with van der Waals surface area (Å²) in [5.74, 6) is -2.05. The van der Waals surface area contributed by atoms with Crippen LogP contribution in [0.1, 0.15) is 31.1 Å².